The van der Waals surface area contributed by atoms with E-state index in [0.717, 1.165) is 11.4 Å². The molecular formula is C11H12N4O. The number of nitrogens with zero attached hydrogens (tertiary/aromatic N) is 2. The maximum Gasteiger partial charge on any atom is 0.238 e. The quantitative estimate of drug-likeness (QED) is 0.795. The van der Waals surface area contributed by atoms with Crippen molar-refractivity contribution < 1.29 is 4.79 Å². The second kappa shape index (κ2) is 4.59. The molecule has 0 spiro atoms. The van der Waals surface area contributed by atoms with Crippen LogP contribution in [0.15, 0.2) is 42.7 Å². The third kappa shape index (κ3) is 2.26. The summed E-state index contributed by atoms with van der Waals surface area (Å²) in [4.78, 5) is 11.0. The van der Waals surface area contributed by atoms with Crippen LogP contribution in [0.5, 0.6) is 0 Å². The molecule has 0 atom stereocenters. The maximum atomic E-state index is 11.0. The van der Waals surface area contributed by atoms with Crippen molar-refractivity contribution in [2.45, 2.75) is 0 Å². The van der Waals surface area contributed by atoms with Gasteiger partial charge in [-0.1, -0.05) is 0 Å². The second-order valence-corrected chi connectivity index (χ2v) is 3.25. The van der Waals surface area contributed by atoms with E-state index >= 15 is 0 Å². The molecule has 1 heterocycles. The minimum atomic E-state index is -0.202. The SMILES string of the molecule is NCC(=O)Nc1ccc(-n2cccn2)cc1. The predicted octanol–water partition coefficient (Wildman–Crippen LogP) is 0.769. The van der Waals surface area contributed by atoms with Gasteiger partial charge in [-0.3, -0.25) is 4.79 Å². The summed E-state index contributed by atoms with van der Waals surface area (Å²) < 4.78 is 1.74. The normalized spacial score (nSPS) is 10.1. The smallest absolute Gasteiger partial charge is 0.238 e. The van der Waals surface area contributed by atoms with Gasteiger partial charge in [-0.2, -0.15) is 5.10 Å². The zero-order valence-corrected chi connectivity index (χ0v) is 8.63. The standard InChI is InChI=1S/C11H12N4O/c12-8-11(16)14-9-2-4-10(5-3-9)15-7-1-6-13-15/h1-7H,8,12H2,(H,14,16). The van der Waals surface area contributed by atoms with E-state index in [-0.39, 0.29) is 12.5 Å². The summed E-state index contributed by atoms with van der Waals surface area (Å²) in [6.07, 6.45) is 3.57. The third-order valence-corrected chi connectivity index (χ3v) is 2.11. The van der Waals surface area contributed by atoms with Crippen molar-refractivity contribution >= 4 is 11.6 Å². The molecule has 0 fully saturated rings. The van der Waals surface area contributed by atoms with Gasteiger partial charge in [0.2, 0.25) is 5.91 Å². The molecule has 0 saturated carbocycles. The van der Waals surface area contributed by atoms with Crippen LogP contribution in [0, 0.1) is 0 Å². The third-order valence-electron chi connectivity index (χ3n) is 2.11. The Bertz CT molecular complexity index is 461. The summed E-state index contributed by atoms with van der Waals surface area (Å²) in [5.41, 5.74) is 6.87. The van der Waals surface area contributed by atoms with Crippen molar-refractivity contribution in [3.05, 3.63) is 42.7 Å². The first kappa shape index (κ1) is 10.4. The average Bonchev–Trinajstić information content (AvgIpc) is 2.83. The lowest BCUT2D eigenvalue weighted by molar-refractivity contribution is -0.114. The molecule has 0 aliphatic rings. The van der Waals surface area contributed by atoms with Gasteiger partial charge in [0.15, 0.2) is 0 Å². The van der Waals surface area contributed by atoms with Gasteiger partial charge in [0, 0.05) is 18.1 Å². The highest BCUT2D eigenvalue weighted by molar-refractivity contribution is 5.92. The summed E-state index contributed by atoms with van der Waals surface area (Å²) in [6.45, 7) is -0.0130. The molecule has 5 heteroatoms. The number of anilines is 1. The van der Waals surface area contributed by atoms with Crippen LogP contribution in [0.1, 0.15) is 0 Å². The summed E-state index contributed by atoms with van der Waals surface area (Å²) >= 11 is 0. The molecular weight excluding hydrogens is 204 g/mol. The highest BCUT2D eigenvalue weighted by Crippen LogP contribution is 2.12. The largest absolute Gasteiger partial charge is 0.325 e. The van der Waals surface area contributed by atoms with Crippen molar-refractivity contribution in [3.8, 4) is 5.69 Å². The lowest BCUT2D eigenvalue weighted by Gasteiger charge is -2.05. The number of benzene rings is 1. The number of aromatic nitrogens is 2. The molecule has 0 unspecified atom stereocenters. The average molecular weight is 216 g/mol. The van der Waals surface area contributed by atoms with Gasteiger partial charge in [0.05, 0.1) is 12.2 Å². The lowest BCUT2D eigenvalue weighted by Crippen LogP contribution is -2.21. The summed E-state index contributed by atoms with van der Waals surface area (Å²) in [6, 6.07) is 9.22. The molecule has 2 aromatic rings. The summed E-state index contributed by atoms with van der Waals surface area (Å²) in [5.74, 6) is -0.202. The van der Waals surface area contributed by atoms with Crippen LogP contribution in [0.25, 0.3) is 5.69 Å². The molecule has 0 saturated heterocycles. The van der Waals surface area contributed by atoms with E-state index in [9.17, 15) is 4.79 Å². The van der Waals surface area contributed by atoms with E-state index in [1.54, 1.807) is 10.9 Å². The Kier molecular flexibility index (Phi) is 2.98. The fraction of sp³-hybridized carbons (Fsp3) is 0.0909. The van der Waals surface area contributed by atoms with Crippen molar-refractivity contribution in [3.63, 3.8) is 0 Å². The van der Waals surface area contributed by atoms with Gasteiger partial charge >= 0.3 is 0 Å². The first-order valence-corrected chi connectivity index (χ1v) is 4.89. The summed E-state index contributed by atoms with van der Waals surface area (Å²) in [5, 5.41) is 6.77. The Labute approximate surface area is 92.9 Å². The van der Waals surface area contributed by atoms with Crippen LogP contribution in [0.4, 0.5) is 5.69 Å². The van der Waals surface area contributed by atoms with E-state index in [1.807, 2.05) is 36.5 Å². The van der Waals surface area contributed by atoms with E-state index in [1.165, 1.54) is 0 Å². The minimum Gasteiger partial charge on any atom is -0.325 e. The van der Waals surface area contributed by atoms with Crippen molar-refractivity contribution in [2.24, 2.45) is 5.73 Å². The Morgan fingerprint density at radius 2 is 2.12 bits per heavy atom. The van der Waals surface area contributed by atoms with E-state index < -0.39 is 0 Å². The van der Waals surface area contributed by atoms with Gasteiger partial charge in [0.25, 0.3) is 0 Å². The van der Waals surface area contributed by atoms with Crippen LogP contribution in [-0.2, 0) is 4.79 Å². The minimum absolute atomic E-state index is 0.0130. The zero-order chi connectivity index (χ0) is 11.4. The van der Waals surface area contributed by atoms with Crippen LogP contribution < -0.4 is 11.1 Å². The fourth-order valence-electron chi connectivity index (χ4n) is 1.33. The number of hydrogen-bond acceptors (Lipinski definition) is 3. The number of nitrogens with one attached hydrogen (secondary N) is 1. The molecule has 1 aromatic carbocycles. The Morgan fingerprint density at radius 3 is 2.69 bits per heavy atom. The molecule has 0 aliphatic carbocycles. The van der Waals surface area contributed by atoms with Crippen LogP contribution in [-0.4, -0.2) is 22.2 Å². The van der Waals surface area contributed by atoms with Gasteiger partial charge < -0.3 is 11.1 Å². The lowest BCUT2D eigenvalue weighted by atomic mass is 10.3. The Hall–Kier alpha value is -2.14. The number of carbonyl (C=O) groups excluding carboxylic acids is 1. The number of amides is 1. The van der Waals surface area contributed by atoms with Gasteiger partial charge in [-0.15, -0.1) is 0 Å². The highest BCUT2D eigenvalue weighted by atomic mass is 16.1. The van der Waals surface area contributed by atoms with E-state index in [0.29, 0.717) is 0 Å². The number of rotatable bonds is 3. The Balaban J connectivity index is 2.14. The topological polar surface area (TPSA) is 72.9 Å². The second-order valence-electron chi connectivity index (χ2n) is 3.25. The van der Waals surface area contributed by atoms with Gasteiger partial charge in [0.1, 0.15) is 0 Å². The predicted molar refractivity (Wildman–Crippen MR) is 61.2 cm³/mol. The van der Waals surface area contributed by atoms with Crippen LogP contribution in [0.3, 0.4) is 0 Å². The van der Waals surface area contributed by atoms with Crippen molar-refractivity contribution in [1.82, 2.24) is 9.78 Å². The first-order chi connectivity index (χ1) is 7.79. The molecule has 0 bridgehead atoms. The number of hydrogen-bond donors (Lipinski definition) is 2. The molecule has 82 valence electrons. The maximum absolute atomic E-state index is 11.0. The van der Waals surface area contributed by atoms with Gasteiger partial charge in [-0.05, 0) is 30.3 Å². The van der Waals surface area contributed by atoms with Crippen molar-refractivity contribution in [2.75, 3.05) is 11.9 Å². The molecule has 0 radical (unpaired) electrons. The summed E-state index contributed by atoms with van der Waals surface area (Å²) in [7, 11) is 0. The number of nitrogens with two attached hydrogens (primary N) is 1. The van der Waals surface area contributed by atoms with E-state index in [4.69, 9.17) is 5.73 Å². The molecule has 3 N–H and O–H groups in total. The fourth-order valence-corrected chi connectivity index (χ4v) is 1.33. The zero-order valence-electron chi connectivity index (χ0n) is 8.63. The van der Waals surface area contributed by atoms with Crippen LogP contribution in [0.2, 0.25) is 0 Å². The molecule has 1 amide bonds. The van der Waals surface area contributed by atoms with Gasteiger partial charge in [-0.25, -0.2) is 4.68 Å². The van der Waals surface area contributed by atoms with Crippen molar-refractivity contribution in [1.29, 1.82) is 0 Å². The Morgan fingerprint density at radius 1 is 1.38 bits per heavy atom. The molecule has 1 aromatic heterocycles. The number of carbonyl (C=O) groups is 1. The monoisotopic (exact) mass is 216 g/mol. The van der Waals surface area contributed by atoms with E-state index in [2.05, 4.69) is 10.4 Å². The molecule has 16 heavy (non-hydrogen) atoms. The molecule has 2 rings (SSSR count). The first-order valence-electron chi connectivity index (χ1n) is 4.89. The highest BCUT2D eigenvalue weighted by Gasteiger charge is 1.99. The molecule has 0 aliphatic heterocycles. The molecule has 5 nitrogen and oxygen atoms in total. The van der Waals surface area contributed by atoms with Crippen LogP contribution >= 0.6 is 0 Å².